The molecule has 29 heavy (non-hydrogen) atoms. The number of esters is 1. The van der Waals surface area contributed by atoms with Crippen LogP contribution in [0.25, 0.3) is 0 Å². The van der Waals surface area contributed by atoms with E-state index < -0.39 is 0 Å². The number of nitrogens with zero attached hydrogens (tertiary/aromatic N) is 3. The summed E-state index contributed by atoms with van der Waals surface area (Å²) in [6.45, 7) is 1.35. The van der Waals surface area contributed by atoms with Gasteiger partial charge >= 0.3 is 5.97 Å². The van der Waals surface area contributed by atoms with E-state index >= 15 is 0 Å². The molecule has 0 aliphatic rings. The van der Waals surface area contributed by atoms with Gasteiger partial charge in [0.15, 0.2) is 0 Å². The Labute approximate surface area is 178 Å². The monoisotopic (exact) mass is 435 g/mol. The van der Waals surface area contributed by atoms with Crippen molar-refractivity contribution < 1.29 is 13.9 Å². The van der Waals surface area contributed by atoms with E-state index in [1.807, 2.05) is 33.9 Å². The molecule has 0 amide bonds. The third kappa shape index (κ3) is 6.29. The molecule has 0 aliphatic heterocycles. The van der Waals surface area contributed by atoms with E-state index in [9.17, 15) is 9.18 Å². The average molecular weight is 436 g/mol. The molecule has 0 N–H and O–H groups in total. The molecule has 0 saturated carbocycles. The fraction of sp³-hybridized carbons (Fsp3) is 0.238. The summed E-state index contributed by atoms with van der Waals surface area (Å²) >= 11 is 12.2. The van der Waals surface area contributed by atoms with Gasteiger partial charge < -0.3 is 9.30 Å². The standard InChI is InChI=1S/C21H20Cl2FN3O2/c1-29-21(28)14-26(11-15-3-2-4-19(24)9-15)13-20-25-5-6-27(20)12-16-7-17(22)10-18(23)8-16/h2-10H,11-14H2,1H3. The van der Waals surface area contributed by atoms with Crippen molar-refractivity contribution in [2.24, 2.45) is 0 Å². The average Bonchev–Trinajstić information content (AvgIpc) is 3.07. The van der Waals surface area contributed by atoms with E-state index in [1.165, 1.54) is 19.2 Å². The third-order valence-corrected chi connectivity index (χ3v) is 4.75. The van der Waals surface area contributed by atoms with Crippen LogP contribution >= 0.6 is 23.2 Å². The molecule has 0 fully saturated rings. The Morgan fingerprint density at radius 3 is 2.59 bits per heavy atom. The number of halogens is 3. The van der Waals surface area contributed by atoms with Gasteiger partial charge in [-0.1, -0.05) is 35.3 Å². The lowest BCUT2D eigenvalue weighted by Crippen LogP contribution is -2.31. The van der Waals surface area contributed by atoms with Crippen molar-refractivity contribution in [2.75, 3.05) is 13.7 Å². The SMILES string of the molecule is COC(=O)CN(Cc1cccc(F)c1)Cc1nccn1Cc1cc(Cl)cc(Cl)c1. The number of ether oxygens (including phenoxy) is 1. The minimum absolute atomic E-state index is 0.0584. The Kier molecular flexibility index (Phi) is 7.25. The molecule has 0 atom stereocenters. The number of rotatable bonds is 8. The molecule has 8 heteroatoms. The van der Waals surface area contributed by atoms with E-state index in [0.717, 1.165) is 17.0 Å². The lowest BCUT2D eigenvalue weighted by Gasteiger charge is -2.21. The molecule has 152 valence electrons. The van der Waals surface area contributed by atoms with Crippen LogP contribution in [0.4, 0.5) is 4.39 Å². The first kappa shape index (κ1) is 21.3. The highest BCUT2D eigenvalue weighted by Crippen LogP contribution is 2.20. The third-order valence-electron chi connectivity index (χ3n) is 4.32. The second-order valence-electron chi connectivity index (χ2n) is 6.60. The first-order valence-electron chi connectivity index (χ1n) is 8.91. The van der Waals surface area contributed by atoms with Crippen molar-refractivity contribution in [3.05, 3.63) is 87.7 Å². The summed E-state index contributed by atoms with van der Waals surface area (Å²) in [5, 5.41) is 1.13. The highest BCUT2D eigenvalue weighted by atomic mass is 35.5. The van der Waals surface area contributed by atoms with E-state index in [-0.39, 0.29) is 18.3 Å². The predicted molar refractivity (Wildman–Crippen MR) is 110 cm³/mol. The summed E-state index contributed by atoms with van der Waals surface area (Å²) in [5.74, 6) is 0.0578. The zero-order chi connectivity index (χ0) is 20.8. The number of hydrogen-bond acceptors (Lipinski definition) is 4. The van der Waals surface area contributed by atoms with Crippen LogP contribution in [0, 0.1) is 5.82 Å². The normalized spacial score (nSPS) is 11.1. The van der Waals surface area contributed by atoms with E-state index in [0.29, 0.717) is 29.7 Å². The van der Waals surface area contributed by atoms with Gasteiger partial charge in [0, 0.05) is 35.5 Å². The van der Waals surface area contributed by atoms with Crippen LogP contribution < -0.4 is 0 Å². The molecule has 0 radical (unpaired) electrons. The predicted octanol–water partition coefficient (Wildman–Crippen LogP) is 4.55. The first-order valence-corrected chi connectivity index (χ1v) is 9.67. The van der Waals surface area contributed by atoms with Gasteiger partial charge in [-0.3, -0.25) is 9.69 Å². The summed E-state index contributed by atoms with van der Waals surface area (Å²) in [7, 11) is 1.34. The summed E-state index contributed by atoms with van der Waals surface area (Å²) in [5.41, 5.74) is 1.69. The lowest BCUT2D eigenvalue weighted by atomic mass is 10.2. The Morgan fingerprint density at radius 1 is 1.14 bits per heavy atom. The second-order valence-corrected chi connectivity index (χ2v) is 7.47. The van der Waals surface area contributed by atoms with Crippen LogP contribution in [0.15, 0.2) is 54.9 Å². The highest BCUT2D eigenvalue weighted by Gasteiger charge is 2.16. The molecule has 1 heterocycles. The summed E-state index contributed by atoms with van der Waals surface area (Å²) in [6, 6.07) is 11.7. The molecule has 0 bridgehead atoms. The van der Waals surface area contributed by atoms with Crippen LogP contribution in [-0.4, -0.2) is 34.1 Å². The maximum Gasteiger partial charge on any atom is 0.319 e. The van der Waals surface area contributed by atoms with Crippen molar-refractivity contribution in [2.45, 2.75) is 19.6 Å². The molecular weight excluding hydrogens is 416 g/mol. The van der Waals surface area contributed by atoms with Gasteiger partial charge in [-0.05, 0) is 41.5 Å². The summed E-state index contributed by atoms with van der Waals surface area (Å²) < 4.78 is 20.3. The zero-order valence-electron chi connectivity index (χ0n) is 15.8. The molecule has 3 aromatic rings. The van der Waals surface area contributed by atoms with Gasteiger partial charge in [-0.2, -0.15) is 0 Å². The van der Waals surface area contributed by atoms with Gasteiger partial charge in [0.25, 0.3) is 0 Å². The van der Waals surface area contributed by atoms with Gasteiger partial charge in [-0.25, -0.2) is 9.37 Å². The van der Waals surface area contributed by atoms with E-state index in [2.05, 4.69) is 4.98 Å². The minimum atomic E-state index is -0.374. The van der Waals surface area contributed by atoms with Crippen molar-refractivity contribution in [1.82, 2.24) is 14.5 Å². The van der Waals surface area contributed by atoms with Crippen LogP contribution in [0.1, 0.15) is 17.0 Å². The molecule has 2 aromatic carbocycles. The maximum absolute atomic E-state index is 13.5. The highest BCUT2D eigenvalue weighted by molar-refractivity contribution is 6.34. The van der Waals surface area contributed by atoms with Crippen LogP contribution in [0.3, 0.4) is 0 Å². The Balaban J connectivity index is 1.78. The molecule has 0 unspecified atom stereocenters. The quantitative estimate of drug-likeness (QED) is 0.486. The molecule has 0 aliphatic carbocycles. The van der Waals surface area contributed by atoms with E-state index in [1.54, 1.807) is 18.3 Å². The second kappa shape index (κ2) is 9.87. The fourth-order valence-corrected chi connectivity index (χ4v) is 3.61. The zero-order valence-corrected chi connectivity index (χ0v) is 17.3. The number of benzene rings is 2. The lowest BCUT2D eigenvalue weighted by molar-refractivity contribution is -0.142. The first-order chi connectivity index (χ1) is 13.9. The Bertz CT molecular complexity index is 973. The van der Waals surface area contributed by atoms with E-state index in [4.69, 9.17) is 27.9 Å². The van der Waals surface area contributed by atoms with Crippen LogP contribution in [-0.2, 0) is 29.2 Å². The minimum Gasteiger partial charge on any atom is -0.468 e. The van der Waals surface area contributed by atoms with Crippen molar-refractivity contribution in [3.8, 4) is 0 Å². The number of aromatic nitrogens is 2. The molecule has 3 rings (SSSR count). The molecule has 1 aromatic heterocycles. The Hall–Kier alpha value is -2.41. The molecule has 5 nitrogen and oxygen atoms in total. The van der Waals surface area contributed by atoms with Gasteiger partial charge in [0.05, 0.1) is 20.2 Å². The number of carbonyl (C=O) groups excluding carboxylic acids is 1. The Morgan fingerprint density at radius 2 is 1.90 bits per heavy atom. The van der Waals surface area contributed by atoms with Crippen molar-refractivity contribution in [3.63, 3.8) is 0 Å². The number of imidazole rings is 1. The smallest absolute Gasteiger partial charge is 0.319 e. The van der Waals surface area contributed by atoms with Gasteiger partial charge in [0.2, 0.25) is 0 Å². The van der Waals surface area contributed by atoms with Crippen molar-refractivity contribution in [1.29, 1.82) is 0 Å². The number of hydrogen-bond donors (Lipinski definition) is 0. The van der Waals surface area contributed by atoms with Gasteiger partial charge in [-0.15, -0.1) is 0 Å². The molecule has 0 saturated heterocycles. The largest absolute Gasteiger partial charge is 0.468 e. The summed E-state index contributed by atoms with van der Waals surface area (Å²) in [4.78, 5) is 18.1. The molecule has 0 spiro atoms. The fourth-order valence-electron chi connectivity index (χ4n) is 3.04. The van der Waals surface area contributed by atoms with Crippen LogP contribution in [0.2, 0.25) is 10.0 Å². The topological polar surface area (TPSA) is 47.4 Å². The summed E-state index contributed by atoms with van der Waals surface area (Å²) in [6.07, 6.45) is 3.54. The maximum atomic E-state index is 13.5. The number of methoxy groups -OCH3 is 1. The molecular formula is C21H20Cl2FN3O2. The van der Waals surface area contributed by atoms with Crippen LogP contribution in [0.5, 0.6) is 0 Å². The van der Waals surface area contributed by atoms with Gasteiger partial charge in [0.1, 0.15) is 11.6 Å². The van der Waals surface area contributed by atoms with Crippen molar-refractivity contribution >= 4 is 29.2 Å². The number of carbonyl (C=O) groups is 1.